The number of ether oxygens (including phenoxy) is 8. The molecule has 18 unspecified atom stereocenters. The van der Waals surface area contributed by atoms with Crippen molar-refractivity contribution in [2.24, 2.45) is 23.7 Å². The fraction of sp³-hybridized carbons (Fsp3) is 0.933. The third-order valence-electron chi connectivity index (χ3n) is 14.9. The van der Waals surface area contributed by atoms with Crippen LogP contribution in [0.1, 0.15) is 109 Å². The Morgan fingerprint density at radius 3 is 2.00 bits per heavy atom. The van der Waals surface area contributed by atoms with E-state index in [1.807, 2.05) is 93.4 Å². The van der Waals surface area contributed by atoms with Crippen LogP contribution < -0.4 is 0 Å². The molecule has 0 aromatic rings. The van der Waals surface area contributed by atoms with Crippen molar-refractivity contribution < 1.29 is 107 Å². The number of amides is 1. The number of Topliss-reactive ketones (excluding diaryl/α,β-unsaturated/α-hetero) is 1. The summed E-state index contributed by atoms with van der Waals surface area (Å²) in [6.45, 7) is 22.5. The Bertz CT molecular complexity index is 1520. The molecule has 17 heteroatoms. The maximum Gasteiger partial charge on any atom is 0.411 e. The predicted molar refractivity (Wildman–Crippen MR) is 228 cm³/mol. The van der Waals surface area contributed by atoms with Gasteiger partial charge in [-0.1, -0.05) is 27.7 Å². The smallest absolute Gasteiger partial charge is 0.411 e. The number of hydrogen-bond donors (Lipinski definition) is 2. The number of rotatable bonds is 11. The Labute approximate surface area is 407 Å². The van der Waals surface area contributed by atoms with Gasteiger partial charge in [0.15, 0.2) is 18.2 Å². The molecule has 0 aromatic carbocycles. The van der Waals surface area contributed by atoms with Crippen LogP contribution in [0.15, 0.2) is 0 Å². The fourth-order valence-corrected chi connectivity index (χ4v) is 10.4. The van der Waals surface area contributed by atoms with E-state index in [9.17, 15) is 24.6 Å². The second kappa shape index (κ2) is 21.6. The molecule has 4 aliphatic rings. The number of fused-ring (bicyclic) bond motifs is 1. The molecule has 16 nitrogen and oxygen atoms in total. The maximum absolute atomic E-state index is 15.0. The quantitative estimate of drug-likeness (QED) is 0.281. The van der Waals surface area contributed by atoms with Gasteiger partial charge >= 0.3 is 12.1 Å². The van der Waals surface area contributed by atoms with Gasteiger partial charge in [0.05, 0.1) is 47.6 Å². The third-order valence-corrected chi connectivity index (χ3v) is 14.9. The van der Waals surface area contributed by atoms with Gasteiger partial charge in [-0.2, -0.15) is 0 Å². The van der Waals surface area contributed by atoms with Gasteiger partial charge in [-0.25, -0.2) is 4.79 Å². The van der Waals surface area contributed by atoms with Crippen LogP contribution in [0.3, 0.4) is 0 Å². The second-order valence-electron chi connectivity index (χ2n) is 20.3. The zero-order valence-corrected chi connectivity index (χ0v) is 45.7. The summed E-state index contributed by atoms with van der Waals surface area (Å²) in [7, 11) is 10.7. The molecule has 0 aromatic heterocycles. The molecule has 2 N–H and O–H groups in total. The van der Waals surface area contributed by atoms with Gasteiger partial charge in [0, 0.05) is 101 Å². The average Bonchev–Trinajstić information content (AvgIpc) is 3.44. The van der Waals surface area contributed by atoms with Crippen molar-refractivity contribution in [3.8, 4) is 0 Å². The molecule has 4 aliphatic heterocycles. The number of carbonyl (C=O) groups is 3. The van der Waals surface area contributed by atoms with Crippen LogP contribution in [0.25, 0.3) is 0 Å². The number of methoxy groups -OCH3 is 2. The molecule has 62 heavy (non-hydrogen) atoms. The molecule has 1 radical (unpaired) electrons. The number of aliphatic hydroxyl groups is 2. The number of ketones is 1. The van der Waals surface area contributed by atoms with Crippen LogP contribution >= 0.6 is 0 Å². The molecular weight excluding hydrogens is 1020 g/mol. The summed E-state index contributed by atoms with van der Waals surface area (Å²) in [5.74, 6) is -3.84. The Kier molecular flexibility index (Phi) is 19.4. The summed E-state index contributed by atoms with van der Waals surface area (Å²) in [4.78, 5) is 49.5. The van der Waals surface area contributed by atoms with Crippen LogP contribution in [-0.4, -0.2) is 181 Å². The van der Waals surface area contributed by atoms with E-state index in [1.165, 1.54) is 7.11 Å². The first-order valence-corrected chi connectivity index (χ1v) is 22.3. The van der Waals surface area contributed by atoms with E-state index in [0.29, 0.717) is 6.42 Å². The molecule has 4 fully saturated rings. The van der Waals surface area contributed by atoms with Crippen molar-refractivity contribution in [3.63, 3.8) is 0 Å². The largest absolute Gasteiger partial charge is 0.458 e. The molecule has 0 aliphatic carbocycles. The summed E-state index contributed by atoms with van der Waals surface area (Å²) in [5, 5.41) is 22.9. The molecule has 0 saturated carbocycles. The van der Waals surface area contributed by atoms with Crippen molar-refractivity contribution >= 4 is 17.8 Å². The van der Waals surface area contributed by atoms with Gasteiger partial charge in [0.25, 0.3) is 0 Å². The van der Waals surface area contributed by atoms with Gasteiger partial charge in [0.1, 0.15) is 24.1 Å². The third kappa shape index (κ3) is 11.4. The normalized spacial score (nSPS) is 44.1. The van der Waals surface area contributed by atoms with Gasteiger partial charge in [-0.15, -0.1) is 0 Å². The number of aliphatic hydroxyl groups excluding tert-OH is 2. The average molecular weight is 1100 g/mol. The Hall–Kier alpha value is -0.548. The fourth-order valence-electron chi connectivity index (χ4n) is 10.4. The minimum atomic E-state index is -1.41. The van der Waals surface area contributed by atoms with E-state index in [-0.39, 0.29) is 87.8 Å². The number of likely N-dealkylation sites (N-methyl/N-ethyl adjacent to an activating group) is 2. The molecule has 0 spiro atoms. The SMILES string of the molecule is CCC1OC(=O)C(C)C(OC2CC(C)(OC)C(O)C(C)O2)C(C)C(OC2OC(C)CC(N(C)C)C2O)C(C)(OC)CC(C)C(=O)C(C)C2N(CC(C)(C)N(C)C)C(=O)OC12C.[Ac]. The molecule has 357 valence electrons. The summed E-state index contributed by atoms with van der Waals surface area (Å²) in [6.07, 6.45) is -7.35. The van der Waals surface area contributed by atoms with Gasteiger partial charge in [0.2, 0.25) is 0 Å². The van der Waals surface area contributed by atoms with E-state index in [0.717, 1.165) is 0 Å². The Balaban J connectivity index is 0.0000102. The summed E-state index contributed by atoms with van der Waals surface area (Å²) >= 11 is 0. The van der Waals surface area contributed by atoms with Crippen molar-refractivity contribution in [2.75, 3.05) is 49.0 Å². The van der Waals surface area contributed by atoms with Crippen LogP contribution in [0.4, 0.5) is 4.79 Å². The molecule has 1 amide bonds. The second-order valence-corrected chi connectivity index (χ2v) is 20.3. The van der Waals surface area contributed by atoms with Crippen molar-refractivity contribution in [1.82, 2.24) is 14.7 Å². The monoisotopic (exact) mass is 1100 g/mol. The van der Waals surface area contributed by atoms with E-state index >= 15 is 0 Å². The van der Waals surface area contributed by atoms with Crippen LogP contribution in [0.2, 0.25) is 0 Å². The first kappa shape index (κ1) is 55.8. The van der Waals surface area contributed by atoms with Crippen LogP contribution in [0, 0.1) is 67.7 Å². The first-order valence-electron chi connectivity index (χ1n) is 22.3. The van der Waals surface area contributed by atoms with E-state index in [2.05, 4.69) is 0 Å². The molecule has 4 saturated heterocycles. The molecule has 18 atom stereocenters. The van der Waals surface area contributed by atoms with Crippen LogP contribution in [0.5, 0.6) is 0 Å². The summed E-state index contributed by atoms with van der Waals surface area (Å²) < 4.78 is 51.5. The van der Waals surface area contributed by atoms with Crippen LogP contribution in [-0.2, 0) is 47.5 Å². The minimum absolute atomic E-state index is 0. The predicted octanol–water partition coefficient (Wildman–Crippen LogP) is 4.25. The van der Waals surface area contributed by atoms with Crippen molar-refractivity contribution in [2.45, 2.75) is 199 Å². The first-order chi connectivity index (χ1) is 28.1. The number of carbonyl (C=O) groups excluding carboxylic acids is 3. The van der Waals surface area contributed by atoms with Gasteiger partial charge in [-0.05, 0) is 103 Å². The molecule has 4 rings (SSSR count). The van der Waals surface area contributed by atoms with E-state index in [1.54, 1.807) is 39.7 Å². The van der Waals surface area contributed by atoms with Crippen molar-refractivity contribution in [1.29, 1.82) is 0 Å². The maximum atomic E-state index is 15.0. The standard InChI is InChI=1S/C45H81N3O13.Ac/c1-19-31-45(12)36(48(41(53)61-45)23-42(8,9)47(15)16)26(4)33(49)24(2)21-44(11,55-18)38(60-40-34(50)30(46(13)14)20-25(3)56-40)27(5)35(28(6)39(52)58-31)59-32-22-43(10,54-17)37(51)29(7)57-32;/h24-32,34-38,40,50-51H,19-23H2,1-18H3;. The zero-order chi connectivity index (χ0) is 46.3. The Morgan fingerprint density at radius 2 is 1.47 bits per heavy atom. The molecule has 0 bridgehead atoms. The van der Waals surface area contributed by atoms with E-state index in [4.69, 9.17) is 37.9 Å². The van der Waals surface area contributed by atoms with Gasteiger partial charge < -0.3 is 57.9 Å². The number of cyclic esters (lactones) is 1. The number of nitrogens with zero attached hydrogens (tertiary/aromatic N) is 3. The number of esters is 1. The topological polar surface area (TPSA) is 175 Å². The molecule has 4 heterocycles. The summed E-state index contributed by atoms with van der Waals surface area (Å²) in [6, 6.07) is -1.09. The Morgan fingerprint density at radius 1 is 0.871 bits per heavy atom. The summed E-state index contributed by atoms with van der Waals surface area (Å²) in [5.41, 5.74) is -4.20. The number of hydrogen-bond acceptors (Lipinski definition) is 15. The van der Waals surface area contributed by atoms with Gasteiger partial charge in [-0.3, -0.25) is 14.5 Å². The van der Waals surface area contributed by atoms with Crippen molar-refractivity contribution in [3.05, 3.63) is 0 Å². The van der Waals surface area contributed by atoms with E-state index < -0.39 is 113 Å². The molecular formula is C45H81AcN3O13. The zero-order valence-electron chi connectivity index (χ0n) is 41.0. The minimum Gasteiger partial charge on any atom is -0.458 e.